The van der Waals surface area contributed by atoms with Crippen LogP contribution in [0, 0.1) is 35.4 Å². The molecule has 2 aromatic rings. The Morgan fingerprint density at radius 3 is 2.84 bits per heavy atom. The third-order valence-electron chi connectivity index (χ3n) is 8.34. The summed E-state index contributed by atoms with van der Waals surface area (Å²) in [6.07, 6.45) is 9.90. The maximum absolute atomic E-state index is 13.6. The average molecular weight is 507 g/mol. The van der Waals surface area contributed by atoms with Crippen molar-refractivity contribution in [2.24, 2.45) is 29.6 Å². The molecule has 3 aliphatic rings. The molecule has 1 aromatic carbocycles. The Morgan fingerprint density at radius 1 is 1.22 bits per heavy atom. The van der Waals surface area contributed by atoms with Gasteiger partial charge >= 0.3 is 12.1 Å². The van der Waals surface area contributed by atoms with Crippen molar-refractivity contribution in [2.45, 2.75) is 58.1 Å². The molecule has 1 saturated heterocycles. The van der Waals surface area contributed by atoms with Gasteiger partial charge in [-0.25, -0.2) is 9.18 Å². The number of carbonyl (C=O) groups excluding carboxylic acids is 2. The number of hydrogen-bond acceptors (Lipinski definition) is 5. The number of carbonyl (C=O) groups is 2. The van der Waals surface area contributed by atoms with E-state index in [-0.39, 0.29) is 47.8 Å². The number of fused-ring (bicyclic) bond motifs is 2. The van der Waals surface area contributed by atoms with E-state index in [0.29, 0.717) is 18.4 Å². The molecule has 0 radical (unpaired) electrons. The molecule has 0 unspecified atom stereocenters. The number of ether oxygens (including phenoxy) is 2. The Balaban J connectivity index is 1.32. The fourth-order valence-electron chi connectivity index (χ4n) is 6.70. The molecule has 7 atom stereocenters. The Kier molecular flexibility index (Phi) is 7.58. The largest absolute Gasteiger partial charge is 0.462 e. The molecule has 2 heterocycles. The van der Waals surface area contributed by atoms with Gasteiger partial charge in [0.05, 0.1) is 18.2 Å². The Labute approximate surface area is 217 Å². The summed E-state index contributed by atoms with van der Waals surface area (Å²) in [6.45, 7) is 4.40. The second kappa shape index (κ2) is 11.0. The number of halogens is 1. The summed E-state index contributed by atoms with van der Waals surface area (Å²) < 4.78 is 24.5. The molecule has 2 aliphatic carbocycles. The van der Waals surface area contributed by atoms with E-state index in [4.69, 9.17) is 9.47 Å². The summed E-state index contributed by atoms with van der Waals surface area (Å²) in [4.78, 5) is 29.4. The van der Waals surface area contributed by atoms with Crippen molar-refractivity contribution in [1.82, 2.24) is 10.3 Å². The van der Waals surface area contributed by atoms with Gasteiger partial charge in [-0.3, -0.25) is 9.78 Å². The highest BCUT2D eigenvalue weighted by atomic mass is 19.1. The number of rotatable bonds is 6. The lowest BCUT2D eigenvalue weighted by molar-refractivity contribution is -0.144. The molecule has 0 bridgehead atoms. The molecule has 0 spiro atoms. The second-order valence-corrected chi connectivity index (χ2v) is 10.7. The van der Waals surface area contributed by atoms with E-state index in [1.807, 2.05) is 38.1 Å². The number of nitrogens with zero attached hydrogens (tertiary/aromatic N) is 1. The monoisotopic (exact) mass is 506 g/mol. The van der Waals surface area contributed by atoms with E-state index >= 15 is 0 Å². The number of aromatic nitrogens is 1. The minimum atomic E-state index is -0.350. The van der Waals surface area contributed by atoms with Crippen LogP contribution in [-0.2, 0) is 14.3 Å². The first-order valence-electron chi connectivity index (χ1n) is 13.5. The quantitative estimate of drug-likeness (QED) is 0.485. The maximum atomic E-state index is 13.6. The highest BCUT2D eigenvalue weighted by molar-refractivity contribution is 5.75. The van der Waals surface area contributed by atoms with Crippen molar-refractivity contribution in [3.8, 4) is 11.1 Å². The zero-order chi connectivity index (χ0) is 25.9. The molecule has 1 amide bonds. The van der Waals surface area contributed by atoms with Gasteiger partial charge in [0.25, 0.3) is 0 Å². The normalized spacial score (nSPS) is 30.9. The molecule has 196 valence electrons. The van der Waals surface area contributed by atoms with Crippen molar-refractivity contribution in [1.29, 1.82) is 0 Å². The van der Waals surface area contributed by atoms with Crippen LogP contribution in [0.1, 0.15) is 51.6 Å². The number of hydrogen-bond donors (Lipinski definition) is 1. The fourth-order valence-corrected chi connectivity index (χ4v) is 6.70. The van der Waals surface area contributed by atoms with E-state index in [0.717, 1.165) is 48.9 Å². The summed E-state index contributed by atoms with van der Waals surface area (Å²) in [7, 11) is 0. The van der Waals surface area contributed by atoms with Crippen molar-refractivity contribution in [3.05, 3.63) is 60.2 Å². The van der Waals surface area contributed by atoms with Crippen LogP contribution in [0.2, 0.25) is 0 Å². The topological polar surface area (TPSA) is 77.5 Å². The summed E-state index contributed by atoms with van der Waals surface area (Å²) >= 11 is 0. The number of esters is 1. The molecule has 7 heteroatoms. The van der Waals surface area contributed by atoms with Crippen molar-refractivity contribution in [2.75, 3.05) is 6.61 Å². The van der Waals surface area contributed by atoms with Gasteiger partial charge in [0.2, 0.25) is 0 Å². The van der Waals surface area contributed by atoms with E-state index in [2.05, 4.69) is 16.4 Å². The summed E-state index contributed by atoms with van der Waals surface area (Å²) in [5.74, 6) is 0.629. The lowest BCUT2D eigenvalue weighted by Crippen LogP contribution is -2.48. The smallest absolute Gasteiger partial charge is 0.407 e. The third kappa shape index (κ3) is 5.55. The van der Waals surface area contributed by atoms with Crippen LogP contribution >= 0.6 is 0 Å². The molecule has 1 aliphatic heterocycles. The van der Waals surface area contributed by atoms with Gasteiger partial charge in [-0.05, 0) is 86.6 Å². The first-order chi connectivity index (χ1) is 17.9. The predicted molar refractivity (Wildman–Crippen MR) is 139 cm³/mol. The van der Waals surface area contributed by atoms with Gasteiger partial charge in [0.15, 0.2) is 0 Å². The lowest BCUT2D eigenvalue weighted by Gasteiger charge is -2.47. The number of nitrogens with one attached hydrogen (secondary N) is 1. The predicted octanol–water partition coefficient (Wildman–Crippen LogP) is 6.02. The van der Waals surface area contributed by atoms with Crippen molar-refractivity contribution >= 4 is 18.1 Å². The third-order valence-corrected chi connectivity index (χ3v) is 8.34. The summed E-state index contributed by atoms with van der Waals surface area (Å²) in [5.41, 5.74) is 2.48. The molecule has 6 nitrogen and oxygen atoms in total. The van der Waals surface area contributed by atoms with Crippen LogP contribution in [0.25, 0.3) is 17.2 Å². The Bertz CT molecular complexity index is 1150. The highest BCUT2D eigenvalue weighted by Gasteiger charge is 2.54. The first-order valence-corrected chi connectivity index (χ1v) is 13.5. The Morgan fingerprint density at radius 2 is 2.08 bits per heavy atom. The van der Waals surface area contributed by atoms with Crippen molar-refractivity contribution < 1.29 is 23.5 Å². The first kappa shape index (κ1) is 25.4. The molecular weight excluding hydrogens is 471 g/mol. The van der Waals surface area contributed by atoms with Gasteiger partial charge in [-0.1, -0.05) is 31.2 Å². The maximum Gasteiger partial charge on any atom is 0.407 e. The zero-order valence-electron chi connectivity index (χ0n) is 21.4. The van der Waals surface area contributed by atoms with Gasteiger partial charge in [0.1, 0.15) is 11.9 Å². The number of benzene rings is 1. The number of pyridine rings is 1. The molecular formula is C30H35FN2O4. The molecule has 37 heavy (non-hydrogen) atoms. The van der Waals surface area contributed by atoms with Gasteiger partial charge in [0, 0.05) is 23.7 Å². The minimum Gasteiger partial charge on any atom is -0.462 e. The highest BCUT2D eigenvalue weighted by Crippen LogP contribution is 2.53. The van der Waals surface area contributed by atoms with Crippen LogP contribution in [0.5, 0.6) is 0 Å². The van der Waals surface area contributed by atoms with Gasteiger partial charge in [-0.2, -0.15) is 0 Å². The molecule has 5 rings (SSSR count). The van der Waals surface area contributed by atoms with E-state index < -0.39 is 0 Å². The van der Waals surface area contributed by atoms with Gasteiger partial charge < -0.3 is 14.8 Å². The van der Waals surface area contributed by atoms with Crippen LogP contribution < -0.4 is 5.32 Å². The summed E-state index contributed by atoms with van der Waals surface area (Å²) in [5, 5.41) is 3.03. The van der Waals surface area contributed by atoms with E-state index in [1.54, 1.807) is 12.3 Å². The molecule has 1 N–H and O–H groups in total. The lowest BCUT2D eigenvalue weighted by atomic mass is 9.57. The number of amides is 1. The molecule has 3 fully saturated rings. The second-order valence-electron chi connectivity index (χ2n) is 10.7. The van der Waals surface area contributed by atoms with Crippen molar-refractivity contribution in [3.63, 3.8) is 0 Å². The SMILES string of the molecule is CCCOC(=O)N[C@@H]1CC[C@@H]2[C@@H](C1)C[C@H]1C(=O)O[C@H](C)[C@H]1[C@H]2C=Cc1ccc(-c2cccc(F)c2)cn1. The van der Waals surface area contributed by atoms with Gasteiger partial charge in [-0.15, -0.1) is 0 Å². The van der Waals surface area contributed by atoms with Crippen LogP contribution in [0.3, 0.4) is 0 Å². The van der Waals surface area contributed by atoms with E-state index in [1.165, 1.54) is 12.1 Å². The standard InChI is InChI=1S/C30H35FN2O4/c1-3-13-36-30(35)33-24-10-11-25-21(15-24)16-27-28(18(2)37-29(27)34)26(25)12-9-23-8-7-20(17-32-23)19-5-4-6-22(31)14-19/h4-9,12,14,17-18,21,24-28H,3,10-11,13,15-16H2,1-2H3,(H,33,35)/t18-,21+,24-,25-,26+,27-,28+/m1/s1. The Hall–Kier alpha value is -3.22. The fraction of sp³-hybridized carbons (Fsp3) is 0.500. The molecule has 2 saturated carbocycles. The van der Waals surface area contributed by atoms with Crippen LogP contribution in [0.15, 0.2) is 48.7 Å². The van der Waals surface area contributed by atoms with E-state index in [9.17, 15) is 14.0 Å². The van der Waals surface area contributed by atoms with Crippen LogP contribution in [-0.4, -0.2) is 35.8 Å². The summed E-state index contributed by atoms with van der Waals surface area (Å²) in [6, 6.07) is 10.5. The van der Waals surface area contributed by atoms with Crippen LogP contribution in [0.4, 0.5) is 9.18 Å². The molecule has 1 aromatic heterocycles. The number of alkyl carbamates (subject to hydrolysis) is 1. The zero-order valence-corrected chi connectivity index (χ0v) is 21.4. The minimum absolute atomic E-state index is 0.0682. The number of cyclic esters (lactones) is 1. The average Bonchev–Trinajstić information content (AvgIpc) is 3.18. The number of allylic oxidation sites excluding steroid dienone is 1.